The van der Waals surface area contributed by atoms with Crippen LogP contribution in [0.3, 0.4) is 0 Å². The van der Waals surface area contributed by atoms with Crippen LogP contribution in [-0.2, 0) is 5.41 Å². The molecule has 0 bridgehead atoms. The van der Waals surface area contributed by atoms with E-state index >= 15 is 0 Å². The van der Waals surface area contributed by atoms with E-state index in [2.05, 4.69) is 127 Å². The zero-order valence-electron chi connectivity index (χ0n) is 19.8. The highest BCUT2D eigenvalue weighted by Gasteiger charge is 2.37. The Kier molecular flexibility index (Phi) is 3.50. The lowest BCUT2D eigenvalue weighted by Gasteiger charge is -2.22. The molecule has 2 aromatic heterocycles. The summed E-state index contributed by atoms with van der Waals surface area (Å²) >= 11 is 0. The van der Waals surface area contributed by atoms with Crippen LogP contribution in [0.1, 0.15) is 25.0 Å². The number of hydrogen-bond donors (Lipinski definition) is 1. The fourth-order valence-corrected chi connectivity index (χ4v) is 6.57. The van der Waals surface area contributed by atoms with Gasteiger partial charge in [-0.25, -0.2) is 0 Å². The number of aromatic amines is 1. The molecular weight excluding hydrogens is 424 g/mol. The van der Waals surface area contributed by atoms with Gasteiger partial charge in [0.05, 0.1) is 16.6 Å². The molecule has 0 amide bonds. The molecule has 2 heterocycles. The summed E-state index contributed by atoms with van der Waals surface area (Å²) in [7, 11) is 0. The number of rotatable bonds is 1. The Bertz CT molecular complexity index is 1930. The van der Waals surface area contributed by atoms with Gasteiger partial charge in [-0.2, -0.15) is 0 Å². The summed E-state index contributed by atoms with van der Waals surface area (Å²) in [4.78, 5) is 3.81. The molecule has 0 saturated heterocycles. The van der Waals surface area contributed by atoms with E-state index < -0.39 is 0 Å². The Morgan fingerprint density at radius 1 is 0.600 bits per heavy atom. The third-order valence-corrected chi connectivity index (χ3v) is 8.11. The van der Waals surface area contributed by atoms with Gasteiger partial charge in [-0.15, -0.1) is 0 Å². The standard InChI is InChI=1S/C33H24N2/c1-33(2)27-12-6-3-9-21(27)24-16-17-25-26-19-20(15-18-28(26)34-32(25)31(24)33)35-29-13-7-4-10-22(29)23-11-5-8-14-30(23)35/h3-19,34H,1-2H3. The number of H-pyrrole nitrogens is 1. The van der Waals surface area contributed by atoms with Crippen LogP contribution >= 0.6 is 0 Å². The van der Waals surface area contributed by atoms with E-state index in [0.29, 0.717) is 0 Å². The normalized spacial score (nSPS) is 14.2. The highest BCUT2D eigenvalue weighted by Crippen LogP contribution is 2.51. The molecule has 0 spiro atoms. The number of nitrogens with one attached hydrogen (secondary N) is 1. The van der Waals surface area contributed by atoms with Crippen molar-refractivity contribution in [2.24, 2.45) is 0 Å². The first-order valence-corrected chi connectivity index (χ1v) is 12.3. The molecule has 1 aliphatic rings. The van der Waals surface area contributed by atoms with Gasteiger partial charge in [0.25, 0.3) is 0 Å². The van der Waals surface area contributed by atoms with Gasteiger partial charge in [-0.3, -0.25) is 0 Å². The average Bonchev–Trinajstić information content (AvgIpc) is 3.50. The van der Waals surface area contributed by atoms with Crippen LogP contribution < -0.4 is 0 Å². The number of hydrogen-bond acceptors (Lipinski definition) is 0. The number of fused-ring (bicyclic) bond motifs is 10. The van der Waals surface area contributed by atoms with Gasteiger partial charge in [-0.1, -0.05) is 86.6 Å². The fourth-order valence-electron chi connectivity index (χ4n) is 6.57. The molecule has 0 fully saturated rings. The highest BCUT2D eigenvalue weighted by atomic mass is 15.0. The SMILES string of the molecule is CC1(C)c2ccccc2-c2ccc3c([nH]c4ccc(-n5c6ccccc6c6ccccc65)cc43)c21. The molecule has 7 aromatic rings. The predicted octanol–water partition coefficient (Wildman–Crippen LogP) is 8.72. The van der Waals surface area contributed by atoms with Crippen LogP contribution in [0, 0.1) is 0 Å². The lowest BCUT2D eigenvalue weighted by Crippen LogP contribution is -2.15. The third-order valence-electron chi connectivity index (χ3n) is 8.11. The van der Waals surface area contributed by atoms with Gasteiger partial charge in [0, 0.05) is 38.2 Å². The highest BCUT2D eigenvalue weighted by molar-refractivity contribution is 6.13. The van der Waals surface area contributed by atoms with E-state index in [0.717, 1.165) is 0 Å². The smallest absolute Gasteiger partial charge is 0.0541 e. The number of nitrogens with zero attached hydrogens (tertiary/aromatic N) is 1. The molecule has 0 saturated carbocycles. The van der Waals surface area contributed by atoms with Gasteiger partial charge in [0.2, 0.25) is 0 Å². The van der Waals surface area contributed by atoms with Crippen molar-refractivity contribution in [3.8, 4) is 16.8 Å². The van der Waals surface area contributed by atoms with Gasteiger partial charge in [0.1, 0.15) is 0 Å². The van der Waals surface area contributed by atoms with Crippen molar-refractivity contribution in [3.63, 3.8) is 0 Å². The molecule has 35 heavy (non-hydrogen) atoms. The second kappa shape index (κ2) is 6.43. The first kappa shape index (κ1) is 19.1. The Morgan fingerprint density at radius 2 is 1.29 bits per heavy atom. The van der Waals surface area contributed by atoms with Gasteiger partial charge in [-0.05, 0) is 52.6 Å². The number of aromatic nitrogens is 2. The van der Waals surface area contributed by atoms with Crippen LogP contribution in [0.15, 0.2) is 103 Å². The maximum absolute atomic E-state index is 3.81. The van der Waals surface area contributed by atoms with Crippen molar-refractivity contribution in [1.82, 2.24) is 9.55 Å². The van der Waals surface area contributed by atoms with Crippen molar-refractivity contribution >= 4 is 43.6 Å². The second-order valence-electron chi connectivity index (χ2n) is 10.3. The van der Waals surface area contributed by atoms with Crippen LogP contribution in [-0.4, -0.2) is 9.55 Å². The summed E-state index contributed by atoms with van der Waals surface area (Å²) in [5.74, 6) is 0. The maximum Gasteiger partial charge on any atom is 0.0541 e. The van der Waals surface area contributed by atoms with Gasteiger partial charge >= 0.3 is 0 Å². The molecule has 166 valence electrons. The minimum absolute atomic E-state index is 0.0397. The molecule has 0 radical (unpaired) electrons. The van der Waals surface area contributed by atoms with Crippen molar-refractivity contribution in [1.29, 1.82) is 0 Å². The fraction of sp³-hybridized carbons (Fsp3) is 0.0909. The Morgan fingerprint density at radius 3 is 2.06 bits per heavy atom. The monoisotopic (exact) mass is 448 g/mol. The van der Waals surface area contributed by atoms with Gasteiger partial charge in [0.15, 0.2) is 0 Å². The molecule has 2 nitrogen and oxygen atoms in total. The van der Waals surface area contributed by atoms with E-state index in [1.807, 2.05) is 0 Å². The summed E-state index contributed by atoms with van der Waals surface area (Å²) in [6.45, 7) is 4.71. The molecule has 0 unspecified atom stereocenters. The Labute approximate surface area is 203 Å². The number of benzene rings is 5. The Hall–Kier alpha value is -4.30. The molecule has 1 N–H and O–H groups in total. The van der Waals surface area contributed by atoms with E-state index in [9.17, 15) is 0 Å². The summed E-state index contributed by atoms with van der Waals surface area (Å²) < 4.78 is 2.40. The quantitative estimate of drug-likeness (QED) is 0.259. The van der Waals surface area contributed by atoms with E-state index in [-0.39, 0.29) is 5.41 Å². The van der Waals surface area contributed by atoms with Crippen LogP contribution in [0.2, 0.25) is 0 Å². The minimum Gasteiger partial charge on any atom is -0.354 e. The zero-order chi connectivity index (χ0) is 23.3. The molecule has 5 aromatic carbocycles. The van der Waals surface area contributed by atoms with Crippen LogP contribution in [0.25, 0.3) is 60.4 Å². The van der Waals surface area contributed by atoms with Crippen molar-refractivity contribution in [3.05, 3.63) is 114 Å². The predicted molar refractivity (Wildman–Crippen MR) is 148 cm³/mol. The van der Waals surface area contributed by atoms with E-state index in [4.69, 9.17) is 0 Å². The molecule has 0 atom stereocenters. The number of para-hydroxylation sites is 2. The largest absolute Gasteiger partial charge is 0.354 e. The van der Waals surface area contributed by atoms with Crippen LogP contribution in [0.4, 0.5) is 0 Å². The minimum atomic E-state index is -0.0397. The first-order valence-electron chi connectivity index (χ1n) is 12.3. The summed E-state index contributed by atoms with van der Waals surface area (Å²) in [6.07, 6.45) is 0. The molecule has 2 heteroatoms. The molecular formula is C33H24N2. The van der Waals surface area contributed by atoms with Crippen molar-refractivity contribution in [2.45, 2.75) is 19.3 Å². The van der Waals surface area contributed by atoms with E-state index in [1.165, 1.54) is 71.6 Å². The summed E-state index contributed by atoms with van der Waals surface area (Å²) in [5, 5.41) is 5.15. The molecule has 1 aliphatic carbocycles. The van der Waals surface area contributed by atoms with Crippen molar-refractivity contribution < 1.29 is 0 Å². The van der Waals surface area contributed by atoms with Crippen LogP contribution in [0.5, 0.6) is 0 Å². The summed E-state index contributed by atoms with van der Waals surface area (Å²) in [6, 6.07) is 37.7. The molecule has 8 rings (SSSR count). The lowest BCUT2D eigenvalue weighted by atomic mass is 9.81. The zero-order valence-corrected chi connectivity index (χ0v) is 19.8. The lowest BCUT2D eigenvalue weighted by molar-refractivity contribution is 0.665. The second-order valence-corrected chi connectivity index (χ2v) is 10.3. The van der Waals surface area contributed by atoms with E-state index in [1.54, 1.807) is 0 Å². The Balaban J connectivity index is 1.43. The first-order chi connectivity index (χ1) is 17.1. The van der Waals surface area contributed by atoms with Gasteiger partial charge < -0.3 is 9.55 Å². The topological polar surface area (TPSA) is 20.7 Å². The maximum atomic E-state index is 3.81. The average molecular weight is 449 g/mol. The summed E-state index contributed by atoms with van der Waals surface area (Å²) in [5.41, 5.74) is 11.6. The third kappa shape index (κ3) is 2.34. The molecule has 0 aliphatic heterocycles. The van der Waals surface area contributed by atoms with Crippen molar-refractivity contribution in [2.75, 3.05) is 0 Å².